The molecule has 0 spiro atoms. The van der Waals surface area contributed by atoms with Crippen LogP contribution in [0, 0.1) is 13.8 Å². The van der Waals surface area contributed by atoms with Crippen molar-refractivity contribution in [2.45, 2.75) is 24.5 Å². The third-order valence-corrected chi connectivity index (χ3v) is 4.80. The maximum Gasteiger partial charge on any atom is 0.341 e. The van der Waals surface area contributed by atoms with E-state index in [0.717, 1.165) is 23.3 Å². The van der Waals surface area contributed by atoms with Crippen molar-refractivity contribution in [3.63, 3.8) is 0 Å². The number of aryl methyl sites for hydroxylation is 2. The molecular weight excluding hydrogens is 324 g/mol. The van der Waals surface area contributed by atoms with Crippen molar-refractivity contribution >= 4 is 21.4 Å². The fraction of sp³-hybridized carbons (Fsp3) is 0.188. The van der Waals surface area contributed by atoms with Gasteiger partial charge in [0.1, 0.15) is 0 Å². The van der Waals surface area contributed by atoms with Crippen LogP contribution in [0.1, 0.15) is 21.5 Å². The second-order valence-electron chi connectivity index (χ2n) is 5.05. The standard InChI is InChI=1S/C16H15F2NO3S/c1-10-4-3-5-11(2)14(10)19-15(20)12-6-8-13(9-7-12)23(21,22)16(17)18/h3-9,16H,1-2H3,(H,19,20). The summed E-state index contributed by atoms with van der Waals surface area (Å²) in [4.78, 5) is 11.7. The van der Waals surface area contributed by atoms with Gasteiger partial charge in [-0.25, -0.2) is 8.42 Å². The molecule has 0 atom stereocenters. The number of para-hydroxylation sites is 1. The smallest absolute Gasteiger partial charge is 0.322 e. The van der Waals surface area contributed by atoms with Crippen LogP contribution in [0.5, 0.6) is 0 Å². The van der Waals surface area contributed by atoms with E-state index in [1.165, 1.54) is 12.1 Å². The second-order valence-corrected chi connectivity index (χ2v) is 6.97. The van der Waals surface area contributed by atoms with E-state index in [9.17, 15) is 22.0 Å². The van der Waals surface area contributed by atoms with E-state index in [-0.39, 0.29) is 5.56 Å². The van der Waals surface area contributed by atoms with Gasteiger partial charge in [-0.05, 0) is 49.2 Å². The summed E-state index contributed by atoms with van der Waals surface area (Å²) in [6.07, 6.45) is 0. The topological polar surface area (TPSA) is 63.2 Å². The highest BCUT2D eigenvalue weighted by atomic mass is 32.2. The zero-order chi connectivity index (χ0) is 17.2. The molecule has 0 heterocycles. The summed E-state index contributed by atoms with van der Waals surface area (Å²) in [5, 5.41) is 2.74. The van der Waals surface area contributed by atoms with E-state index in [4.69, 9.17) is 0 Å². The number of hydrogen-bond donors (Lipinski definition) is 1. The van der Waals surface area contributed by atoms with E-state index in [1.807, 2.05) is 32.0 Å². The molecule has 1 amide bonds. The molecule has 122 valence electrons. The molecule has 4 nitrogen and oxygen atoms in total. The highest BCUT2D eigenvalue weighted by molar-refractivity contribution is 7.91. The maximum atomic E-state index is 12.5. The van der Waals surface area contributed by atoms with Crippen molar-refractivity contribution in [1.82, 2.24) is 0 Å². The average molecular weight is 339 g/mol. The van der Waals surface area contributed by atoms with Gasteiger partial charge in [0.25, 0.3) is 5.91 Å². The Kier molecular flexibility index (Phi) is 4.79. The average Bonchev–Trinajstić information content (AvgIpc) is 2.51. The molecule has 0 unspecified atom stereocenters. The van der Waals surface area contributed by atoms with Gasteiger partial charge in [0.05, 0.1) is 4.90 Å². The number of halogens is 2. The first kappa shape index (κ1) is 17.1. The summed E-state index contributed by atoms with van der Waals surface area (Å²) < 4.78 is 47.6. The van der Waals surface area contributed by atoms with Crippen LogP contribution in [-0.4, -0.2) is 20.1 Å². The maximum absolute atomic E-state index is 12.5. The van der Waals surface area contributed by atoms with E-state index in [1.54, 1.807) is 0 Å². The minimum absolute atomic E-state index is 0.181. The normalized spacial score (nSPS) is 11.5. The van der Waals surface area contributed by atoms with E-state index in [2.05, 4.69) is 5.32 Å². The van der Waals surface area contributed by atoms with Crippen molar-refractivity contribution in [2.75, 3.05) is 5.32 Å². The minimum atomic E-state index is -4.66. The molecular formula is C16H15F2NO3S. The molecule has 0 radical (unpaired) electrons. The first-order valence-corrected chi connectivity index (χ1v) is 8.28. The van der Waals surface area contributed by atoms with Crippen LogP contribution in [-0.2, 0) is 9.84 Å². The number of anilines is 1. The zero-order valence-electron chi connectivity index (χ0n) is 12.5. The third-order valence-electron chi connectivity index (χ3n) is 3.40. The molecule has 0 bridgehead atoms. The largest absolute Gasteiger partial charge is 0.341 e. The summed E-state index contributed by atoms with van der Waals surface area (Å²) in [6.45, 7) is 3.70. The van der Waals surface area contributed by atoms with Crippen molar-refractivity contribution in [3.8, 4) is 0 Å². The van der Waals surface area contributed by atoms with Crippen LogP contribution >= 0.6 is 0 Å². The summed E-state index contributed by atoms with van der Waals surface area (Å²) in [7, 11) is -4.66. The third kappa shape index (κ3) is 3.56. The Morgan fingerprint density at radius 1 is 1.00 bits per heavy atom. The summed E-state index contributed by atoms with van der Waals surface area (Å²) in [6, 6.07) is 9.98. The van der Waals surface area contributed by atoms with Gasteiger partial charge in [-0.15, -0.1) is 0 Å². The zero-order valence-corrected chi connectivity index (χ0v) is 13.3. The molecule has 1 N–H and O–H groups in total. The molecule has 0 aliphatic rings. The van der Waals surface area contributed by atoms with E-state index >= 15 is 0 Å². The molecule has 2 aromatic rings. The van der Waals surface area contributed by atoms with Crippen molar-refractivity contribution in [1.29, 1.82) is 0 Å². The first-order chi connectivity index (χ1) is 10.7. The lowest BCUT2D eigenvalue weighted by atomic mass is 10.1. The quantitative estimate of drug-likeness (QED) is 0.926. The number of sulfone groups is 1. The Morgan fingerprint density at radius 2 is 1.52 bits per heavy atom. The molecule has 2 rings (SSSR count). The van der Waals surface area contributed by atoms with Gasteiger partial charge in [-0.1, -0.05) is 18.2 Å². The molecule has 23 heavy (non-hydrogen) atoms. The Morgan fingerprint density at radius 3 is 2.00 bits per heavy atom. The highest BCUT2D eigenvalue weighted by Gasteiger charge is 2.26. The monoisotopic (exact) mass is 339 g/mol. The number of hydrogen-bond acceptors (Lipinski definition) is 3. The van der Waals surface area contributed by atoms with Gasteiger partial charge in [0.2, 0.25) is 9.84 Å². The Labute approximate surface area is 133 Å². The van der Waals surface area contributed by atoms with Crippen LogP contribution in [0.25, 0.3) is 0 Å². The number of alkyl halides is 2. The Bertz CT molecular complexity index is 811. The second kappa shape index (κ2) is 6.45. The lowest BCUT2D eigenvalue weighted by Gasteiger charge is -2.11. The number of carbonyl (C=O) groups excluding carboxylic acids is 1. The number of benzene rings is 2. The van der Waals surface area contributed by atoms with E-state index < -0.39 is 26.4 Å². The molecule has 7 heteroatoms. The number of nitrogens with one attached hydrogen (secondary N) is 1. The van der Waals surface area contributed by atoms with Gasteiger partial charge in [-0.3, -0.25) is 4.79 Å². The summed E-state index contributed by atoms with van der Waals surface area (Å²) in [5.74, 6) is -3.93. The molecule has 0 aliphatic heterocycles. The van der Waals surface area contributed by atoms with Crippen molar-refractivity contribution in [2.24, 2.45) is 0 Å². The van der Waals surface area contributed by atoms with Crippen molar-refractivity contribution < 1.29 is 22.0 Å². The molecule has 0 saturated carbocycles. The number of carbonyl (C=O) groups is 1. The van der Waals surface area contributed by atoms with E-state index in [0.29, 0.717) is 5.69 Å². The lowest BCUT2D eigenvalue weighted by Crippen LogP contribution is -2.15. The fourth-order valence-corrected chi connectivity index (χ4v) is 2.82. The summed E-state index contributed by atoms with van der Waals surface area (Å²) in [5.41, 5.74) is 2.62. The predicted octanol–water partition coefficient (Wildman–Crippen LogP) is 3.55. The van der Waals surface area contributed by atoms with Gasteiger partial charge in [0.15, 0.2) is 0 Å². The Balaban J connectivity index is 2.25. The highest BCUT2D eigenvalue weighted by Crippen LogP contribution is 2.22. The Hall–Kier alpha value is -2.28. The number of amides is 1. The van der Waals surface area contributed by atoms with Gasteiger partial charge < -0.3 is 5.32 Å². The van der Waals surface area contributed by atoms with Crippen LogP contribution in [0.3, 0.4) is 0 Å². The van der Waals surface area contributed by atoms with Crippen molar-refractivity contribution in [3.05, 3.63) is 59.2 Å². The van der Waals surface area contributed by atoms with Crippen LogP contribution in [0.15, 0.2) is 47.4 Å². The fourth-order valence-electron chi connectivity index (χ4n) is 2.10. The number of rotatable bonds is 4. The SMILES string of the molecule is Cc1cccc(C)c1NC(=O)c1ccc(S(=O)(=O)C(F)F)cc1. The van der Waals surface area contributed by atoms with Crippen LogP contribution in [0.2, 0.25) is 0 Å². The minimum Gasteiger partial charge on any atom is -0.322 e. The molecule has 0 aliphatic carbocycles. The molecule has 0 fully saturated rings. The van der Waals surface area contributed by atoms with Gasteiger partial charge in [-0.2, -0.15) is 8.78 Å². The first-order valence-electron chi connectivity index (χ1n) is 6.73. The lowest BCUT2D eigenvalue weighted by molar-refractivity contribution is 0.102. The van der Waals surface area contributed by atoms with Crippen LogP contribution < -0.4 is 5.32 Å². The summed E-state index contributed by atoms with van der Waals surface area (Å²) >= 11 is 0. The predicted molar refractivity (Wildman–Crippen MR) is 83.5 cm³/mol. The molecule has 0 aromatic heterocycles. The van der Waals surface area contributed by atoms with Gasteiger partial charge in [0, 0.05) is 11.3 Å². The van der Waals surface area contributed by atoms with Gasteiger partial charge >= 0.3 is 5.76 Å². The van der Waals surface area contributed by atoms with Crippen LogP contribution in [0.4, 0.5) is 14.5 Å². The molecule has 2 aromatic carbocycles. The molecule has 0 saturated heterocycles.